The number of benzene rings is 1. The molecule has 0 bridgehead atoms. The van der Waals surface area contributed by atoms with Gasteiger partial charge in [-0.1, -0.05) is 0 Å². The molecule has 162 valence electrons. The molecule has 10 nitrogen and oxygen atoms in total. The molecule has 2 aromatic heterocycles. The van der Waals surface area contributed by atoms with E-state index in [1.807, 2.05) is 11.9 Å². The molecule has 0 saturated carbocycles. The van der Waals surface area contributed by atoms with Crippen molar-refractivity contribution in [3.8, 4) is 0 Å². The van der Waals surface area contributed by atoms with Crippen molar-refractivity contribution < 1.29 is 19.5 Å². The van der Waals surface area contributed by atoms with E-state index in [-0.39, 0.29) is 41.2 Å². The molecule has 11 heteroatoms. The largest absolute Gasteiger partial charge is 0.478 e. The summed E-state index contributed by atoms with van der Waals surface area (Å²) in [7, 11) is 1.84. The molecule has 2 heterocycles. The van der Waals surface area contributed by atoms with E-state index in [4.69, 9.17) is 5.11 Å². The average Bonchev–Trinajstić information content (AvgIpc) is 2.67. The van der Waals surface area contributed by atoms with Gasteiger partial charge in [0, 0.05) is 32.6 Å². The standard InChI is InChI=1S/C20H20N6O4.ClH/c1-11(27)22-16-8-17(23-12(2)28)25-19-18(16)24-14(9-21-19)10-26(3)15-6-4-13(5-7-15)20(29)30;/h4-9H,10H2,1-3H3,(H,29,30)(H2,21,22,23,25,27,28);1H. The maximum absolute atomic E-state index is 11.6. The number of carbonyl (C=O) groups is 3. The lowest BCUT2D eigenvalue weighted by Crippen LogP contribution is -2.18. The number of nitrogens with zero attached hydrogens (tertiary/aromatic N) is 4. The summed E-state index contributed by atoms with van der Waals surface area (Å²) in [6.45, 7) is 3.12. The van der Waals surface area contributed by atoms with E-state index in [9.17, 15) is 14.4 Å². The fourth-order valence-corrected chi connectivity index (χ4v) is 2.83. The van der Waals surface area contributed by atoms with Gasteiger partial charge in [-0.2, -0.15) is 0 Å². The Balaban J connectivity index is 0.00000341. The maximum Gasteiger partial charge on any atom is 0.335 e. The van der Waals surface area contributed by atoms with Crippen LogP contribution < -0.4 is 15.5 Å². The Hall–Kier alpha value is -3.79. The van der Waals surface area contributed by atoms with Gasteiger partial charge in [-0.15, -0.1) is 12.4 Å². The number of carbonyl (C=O) groups excluding carboxylic acids is 2. The third-order valence-corrected chi connectivity index (χ3v) is 4.13. The van der Waals surface area contributed by atoms with Gasteiger partial charge >= 0.3 is 5.97 Å². The number of nitrogens with one attached hydrogen (secondary N) is 2. The Morgan fingerprint density at radius 3 is 2.26 bits per heavy atom. The van der Waals surface area contributed by atoms with Crippen LogP contribution in [0.25, 0.3) is 11.2 Å². The van der Waals surface area contributed by atoms with E-state index in [1.54, 1.807) is 18.3 Å². The number of amides is 2. The molecular weight excluding hydrogens is 424 g/mol. The second kappa shape index (κ2) is 9.81. The summed E-state index contributed by atoms with van der Waals surface area (Å²) in [5, 5.41) is 14.3. The monoisotopic (exact) mass is 444 g/mol. The number of pyridine rings is 1. The maximum atomic E-state index is 11.6. The van der Waals surface area contributed by atoms with Crippen molar-refractivity contribution in [3.63, 3.8) is 0 Å². The van der Waals surface area contributed by atoms with Crippen LogP contribution in [0.4, 0.5) is 17.2 Å². The normalized spacial score (nSPS) is 10.2. The minimum absolute atomic E-state index is 0. The first kappa shape index (κ1) is 23.5. The Morgan fingerprint density at radius 1 is 1.03 bits per heavy atom. The Bertz CT molecular complexity index is 1140. The third-order valence-electron chi connectivity index (χ3n) is 4.13. The van der Waals surface area contributed by atoms with Crippen LogP contribution in [0, 0.1) is 0 Å². The first-order chi connectivity index (χ1) is 14.2. The van der Waals surface area contributed by atoms with Gasteiger partial charge in [0.2, 0.25) is 11.8 Å². The summed E-state index contributed by atoms with van der Waals surface area (Å²) in [5.41, 5.74) is 2.70. The fourth-order valence-electron chi connectivity index (χ4n) is 2.83. The van der Waals surface area contributed by atoms with E-state index < -0.39 is 5.97 Å². The molecule has 0 aliphatic carbocycles. The molecule has 0 aliphatic rings. The number of hydrogen-bond acceptors (Lipinski definition) is 7. The van der Waals surface area contributed by atoms with E-state index >= 15 is 0 Å². The highest BCUT2D eigenvalue weighted by atomic mass is 35.5. The van der Waals surface area contributed by atoms with Gasteiger partial charge in [0.15, 0.2) is 5.65 Å². The summed E-state index contributed by atoms with van der Waals surface area (Å²) in [6.07, 6.45) is 1.56. The van der Waals surface area contributed by atoms with Crippen molar-refractivity contribution in [2.24, 2.45) is 0 Å². The van der Waals surface area contributed by atoms with Crippen LogP contribution in [-0.2, 0) is 16.1 Å². The minimum atomic E-state index is -0.985. The number of rotatable bonds is 6. The Labute approximate surface area is 184 Å². The number of aromatic carboxylic acids is 1. The summed E-state index contributed by atoms with van der Waals surface area (Å²) >= 11 is 0. The highest BCUT2D eigenvalue weighted by Gasteiger charge is 2.13. The SMILES string of the molecule is CC(=O)Nc1cc(NC(C)=O)c2nc(CN(C)c3ccc(C(=O)O)cc3)cnc2n1.Cl. The molecule has 31 heavy (non-hydrogen) atoms. The molecule has 0 aliphatic heterocycles. The van der Waals surface area contributed by atoms with Crippen LogP contribution in [0.2, 0.25) is 0 Å². The molecule has 0 atom stereocenters. The van der Waals surface area contributed by atoms with Gasteiger partial charge in [0.25, 0.3) is 0 Å². The van der Waals surface area contributed by atoms with E-state index in [0.717, 1.165) is 5.69 Å². The van der Waals surface area contributed by atoms with Gasteiger partial charge < -0.3 is 20.6 Å². The van der Waals surface area contributed by atoms with Crippen molar-refractivity contribution >= 4 is 58.5 Å². The van der Waals surface area contributed by atoms with Gasteiger partial charge in [0.05, 0.1) is 29.7 Å². The third kappa shape index (κ3) is 5.86. The molecule has 0 fully saturated rings. The molecule has 0 radical (unpaired) electrons. The summed E-state index contributed by atoms with van der Waals surface area (Å²) < 4.78 is 0. The van der Waals surface area contributed by atoms with Crippen LogP contribution in [0.3, 0.4) is 0 Å². The zero-order chi connectivity index (χ0) is 21.8. The lowest BCUT2D eigenvalue weighted by molar-refractivity contribution is -0.115. The zero-order valence-electron chi connectivity index (χ0n) is 17.0. The van der Waals surface area contributed by atoms with Gasteiger partial charge in [-0.25, -0.2) is 19.7 Å². The number of halogens is 1. The zero-order valence-corrected chi connectivity index (χ0v) is 17.9. The van der Waals surface area contributed by atoms with Gasteiger partial charge in [-0.05, 0) is 24.3 Å². The lowest BCUT2D eigenvalue weighted by atomic mass is 10.2. The minimum Gasteiger partial charge on any atom is -0.478 e. The lowest BCUT2D eigenvalue weighted by Gasteiger charge is -2.19. The average molecular weight is 445 g/mol. The van der Waals surface area contributed by atoms with Crippen LogP contribution in [0.1, 0.15) is 29.9 Å². The number of carboxylic acids is 1. The van der Waals surface area contributed by atoms with Crippen molar-refractivity contribution in [2.45, 2.75) is 20.4 Å². The van der Waals surface area contributed by atoms with Crippen LogP contribution >= 0.6 is 12.4 Å². The van der Waals surface area contributed by atoms with Gasteiger partial charge in [-0.3, -0.25) is 9.59 Å². The second-order valence-corrected chi connectivity index (χ2v) is 6.66. The molecule has 0 unspecified atom stereocenters. The summed E-state index contributed by atoms with van der Waals surface area (Å²) in [6, 6.07) is 8.01. The summed E-state index contributed by atoms with van der Waals surface area (Å²) in [5.74, 6) is -1.31. The summed E-state index contributed by atoms with van der Waals surface area (Å²) in [4.78, 5) is 49.0. The van der Waals surface area contributed by atoms with E-state index in [2.05, 4.69) is 25.6 Å². The molecule has 2 amide bonds. The highest BCUT2D eigenvalue weighted by Crippen LogP contribution is 2.24. The molecule has 1 aromatic carbocycles. The number of anilines is 3. The molecule has 0 spiro atoms. The number of carboxylic acid groups (broad SMARTS) is 1. The van der Waals surface area contributed by atoms with Gasteiger partial charge in [0.1, 0.15) is 11.3 Å². The second-order valence-electron chi connectivity index (χ2n) is 6.66. The van der Waals surface area contributed by atoms with Crippen molar-refractivity contribution in [3.05, 3.63) is 47.8 Å². The van der Waals surface area contributed by atoms with Crippen molar-refractivity contribution in [2.75, 3.05) is 22.6 Å². The smallest absolute Gasteiger partial charge is 0.335 e. The molecule has 3 N–H and O–H groups in total. The molecule has 3 aromatic rings. The molecule has 3 rings (SSSR count). The highest BCUT2D eigenvalue weighted by molar-refractivity contribution is 5.99. The van der Waals surface area contributed by atoms with Crippen LogP contribution in [-0.4, -0.2) is 44.9 Å². The van der Waals surface area contributed by atoms with Crippen molar-refractivity contribution in [1.29, 1.82) is 0 Å². The first-order valence-electron chi connectivity index (χ1n) is 8.99. The Kier molecular flexibility index (Phi) is 7.43. The number of aromatic nitrogens is 3. The predicted octanol–water partition coefficient (Wildman–Crippen LogP) is 2.70. The predicted molar refractivity (Wildman–Crippen MR) is 119 cm³/mol. The van der Waals surface area contributed by atoms with E-state index in [1.165, 1.54) is 32.0 Å². The topological polar surface area (TPSA) is 137 Å². The Morgan fingerprint density at radius 2 is 1.68 bits per heavy atom. The number of fused-ring (bicyclic) bond motifs is 1. The van der Waals surface area contributed by atoms with Crippen LogP contribution in [0.15, 0.2) is 36.5 Å². The van der Waals surface area contributed by atoms with E-state index in [0.29, 0.717) is 23.4 Å². The quantitative estimate of drug-likeness (QED) is 0.527. The molecular formula is C20H21ClN6O4. The van der Waals surface area contributed by atoms with Crippen molar-refractivity contribution in [1.82, 2.24) is 15.0 Å². The number of hydrogen-bond donors (Lipinski definition) is 3. The fraction of sp³-hybridized carbons (Fsp3) is 0.200. The van der Waals surface area contributed by atoms with Crippen LogP contribution in [0.5, 0.6) is 0 Å². The first-order valence-corrected chi connectivity index (χ1v) is 8.99. The molecule has 0 saturated heterocycles.